The van der Waals surface area contributed by atoms with E-state index in [1.54, 1.807) is 0 Å². The Morgan fingerprint density at radius 3 is 2.93 bits per heavy atom. The van der Waals surface area contributed by atoms with Crippen LogP contribution in [-0.2, 0) is 4.74 Å². The van der Waals surface area contributed by atoms with Gasteiger partial charge in [-0.25, -0.2) is 0 Å². The van der Waals surface area contributed by atoms with Gasteiger partial charge in [0.2, 0.25) is 0 Å². The average Bonchev–Trinajstić information content (AvgIpc) is 2.50. The van der Waals surface area contributed by atoms with Crippen molar-refractivity contribution < 1.29 is 4.74 Å². The molecule has 1 fully saturated rings. The maximum absolute atomic E-state index is 5.45. The highest BCUT2D eigenvalue weighted by molar-refractivity contribution is 14.1. The van der Waals surface area contributed by atoms with E-state index in [-0.39, 0.29) is 0 Å². The lowest BCUT2D eigenvalue weighted by Crippen LogP contribution is -2.20. The topological polar surface area (TPSA) is 21.3 Å². The van der Waals surface area contributed by atoms with Gasteiger partial charge in [-0.1, -0.05) is 12.1 Å². The highest BCUT2D eigenvalue weighted by Crippen LogP contribution is 2.20. The first-order valence-electron chi connectivity index (χ1n) is 5.45. The van der Waals surface area contributed by atoms with Gasteiger partial charge in [-0.15, -0.1) is 0 Å². The van der Waals surface area contributed by atoms with Gasteiger partial charge >= 0.3 is 0 Å². The molecule has 0 spiro atoms. The van der Waals surface area contributed by atoms with E-state index in [1.165, 1.54) is 22.1 Å². The number of para-hydroxylation sites is 1. The Morgan fingerprint density at radius 1 is 1.20 bits per heavy atom. The van der Waals surface area contributed by atoms with Gasteiger partial charge in [0.25, 0.3) is 0 Å². The van der Waals surface area contributed by atoms with Crippen molar-refractivity contribution in [3.63, 3.8) is 0 Å². The summed E-state index contributed by atoms with van der Waals surface area (Å²) >= 11 is 2.37. The molecule has 1 aliphatic rings. The summed E-state index contributed by atoms with van der Waals surface area (Å²) in [5.41, 5.74) is 1.25. The van der Waals surface area contributed by atoms with E-state index in [4.69, 9.17) is 4.74 Å². The minimum atomic E-state index is 0.573. The van der Waals surface area contributed by atoms with Gasteiger partial charge in [-0.3, -0.25) is 0 Å². The lowest BCUT2D eigenvalue weighted by Gasteiger charge is -2.17. The largest absolute Gasteiger partial charge is 0.381 e. The number of ether oxygens (including phenoxy) is 1. The van der Waals surface area contributed by atoms with Crippen LogP contribution in [0.1, 0.15) is 19.3 Å². The summed E-state index contributed by atoms with van der Waals surface area (Å²) in [6.07, 6.45) is 3.50. The van der Waals surface area contributed by atoms with Gasteiger partial charge in [0.1, 0.15) is 0 Å². The van der Waals surface area contributed by atoms with Crippen LogP contribution < -0.4 is 5.32 Å². The van der Waals surface area contributed by atoms with Crippen LogP contribution in [0.15, 0.2) is 24.3 Å². The molecule has 1 saturated heterocycles. The molecule has 0 bridgehead atoms. The van der Waals surface area contributed by atoms with Crippen molar-refractivity contribution in [3.8, 4) is 0 Å². The van der Waals surface area contributed by atoms with Crippen LogP contribution in [-0.4, -0.2) is 19.3 Å². The van der Waals surface area contributed by atoms with Crippen LogP contribution in [0.25, 0.3) is 0 Å². The first-order valence-corrected chi connectivity index (χ1v) is 6.53. The number of nitrogens with one attached hydrogen (secondary N) is 1. The van der Waals surface area contributed by atoms with Gasteiger partial charge in [0.05, 0.1) is 0 Å². The molecule has 0 radical (unpaired) electrons. The number of halogens is 1. The Balaban J connectivity index is 1.98. The smallest absolute Gasteiger partial charge is 0.0485 e. The van der Waals surface area contributed by atoms with E-state index in [2.05, 4.69) is 52.2 Å². The zero-order valence-corrected chi connectivity index (χ0v) is 10.9. The van der Waals surface area contributed by atoms with Gasteiger partial charge in [-0.05, 0) is 54.0 Å². The summed E-state index contributed by atoms with van der Waals surface area (Å²) in [6.45, 7) is 1.81. The second-order valence-electron chi connectivity index (χ2n) is 3.86. The predicted octanol–water partition coefficient (Wildman–Crippen LogP) is 3.27. The number of benzene rings is 1. The second-order valence-corrected chi connectivity index (χ2v) is 5.03. The van der Waals surface area contributed by atoms with Crippen molar-refractivity contribution in [2.24, 2.45) is 0 Å². The Kier molecular flexibility index (Phi) is 4.26. The zero-order valence-electron chi connectivity index (χ0n) is 8.71. The average molecular weight is 317 g/mol. The van der Waals surface area contributed by atoms with Gasteiger partial charge in [0, 0.05) is 28.5 Å². The Bertz CT molecular complexity index is 308. The molecule has 1 aromatic carbocycles. The van der Waals surface area contributed by atoms with Crippen molar-refractivity contribution in [2.45, 2.75) is 25.3 Å². The zero-order chi connectivity index (χ0) is 10.5. The van der Waals surface area contributed by atoms with Crippen LogP contribution in [0.3, 0.4) is 0 Å². The summed E-state index contributed by atoms with van der Waals surface area (Å²) in [6, 6.07) is 9.01. The highest BCUT2D eigenvalue weighted by Gasteiger charge is 2.12. The fourth-order valence-electron chi connectivity index (χ4n) is 1.85. The fraction of sp³-hybridized carbons (Fsp3) is 0.500. The highest BCUT2D eigenvalue weighted by atomic mass is 127. The molecule has 1 unspecified atom stereocenters. The molecule has 1 aromatic rings. The lowest BCUT2D eigenvalue weighted by molar-refractivity contribution is 0.144. The molecule has 0 aromatic heterocycles. The van der Waals surface area contributed by atoms with Crippen molar-refractivity contribution >= 4 is 28.3 Å². The van der Waals surface area contributed by atoms with E-state index in [0.717, 1.165) is 19.6 Å². The Morgan fingerprint density at radius 2 is 2.07 bits per heavy atom. The van der Waals surface area contributed by atoms with Crippen LogP contribution in [0.2, 0.25) is 0 Å². The number of hydrogen-bond acceptors (Lipinski definition) is 2. The van der Waals surface area contributed by atoms with Crippen LogP contribution in [0.5, 0.6) is 0 Å². The van der Waals surface area contributed by atoms with Crippen LogP contribution in [0.4, 0.5) is 5.69 Å². The van der Waals surface area contributed by atoms with Gasteiger partial charge in [0.15, 0.2) is 0 Å². The maximum Gasteiger partial charge on any atom is 0.0485 e. The molecular formula is C12H16INO. The standard InChI is InChI=1S/C12H16INO/c13-11-5-1-2-6-12(11)14-10-4-3-8-15-9-7-10/h1-2,5-6,10,14H,3-4,7-9H2. The SMILES string of the molecule is Ic1ccccc1NC1CCCOCC1. The van der Waals surface area contributed by atoms with Crippen LogP contribution in [0, 0.1) is 3.57 Å². The number of hydrogen-bond donors (Lipinski definition) is 1. The third-order valence-corrected chi connectivity index (χ3v) is 3.63. The normalized spacial score (nSPS) is 22.1. The van der Waals surface area contributed by atoms with Crippen molar-refractivity contribution in [3.05, 3.63) is 27.8 Å². The Hall–Kier alpha value is -0.290. The summed E-state index contributed by atoms with van der Waals surface area (Å²) in [7, 11) is 0. The maximum atomic E-state index is 5.45. The molecule has 82 valence electrons. The van der Waals surface area contributed by atoms with Crippen molar-refractivity contribution in [1.29, 1.82) is 0 Å². The Labute approximate surface area is 105 Å². The lowest BCUT2D eigenvalue weighted by atomic mass is 10.1. The van der Waals surface area contributed by atoms with E-state index >= 15 is 0 Å². The molecule has 3 heteroatoms. The molecule has 1 N–H and O–H groups in total. The summed E-state index contributed by atoms with van der Waals surface area (Å²) < 4.78 is 6.74. The molecule has 2 rings (SSSR count). The minimum Gasteiger partial charge on any atom is -0.381 e. The molecular weight excluding hydrogens is 301 g/mol. The minimum absolute atomic E-state index is 0.573. The molecule has 0 saturated carbocycles. The van der Waals surface area contributed by atoms with Gasteiger partial charge < -0.3 is 10.1 Å². The molecule has 0 aliphatic carbocycles. The third kappa shape index (κ3) is 3.34. The number of rotatable bonds is 2. The second kappa shape index (κ2) is 5.70. The van der Waals surface area contributed by atoms with Crippen LogP contribution >= 0.6 is 22.6 Å². The van der Waals surface area contributed by atoms with E-state index in [0.29, 0.717) is 6.04 Å². The first-order chi connectivity index (χ1) is 7.36. The molecule has 2 nitrogen and oxygen atoms in total. The molecule has 1 aliphatic heterocycles. The third-order valence-electron chi connectivity index (χ3n) is 2.69. The first kappa shape index (κ1) is 11.2. The molecule has 0 amide bonds. The fourth-order valence-corrected chi connectivity index (χ4v) is 2.39. The molecule has 15 heavy (non-hydrogen) atoms. The molecule has 1 heterocycles. The predicted molar refractivity (Wildman–Crippen MR) is 71.2 cm³/mol. The van der Waals surface area contributed by atoms with Crippen molar-refractivity contribution in [1.82, 2.24) is 0 Å². The number of anilines is 1. The summed E-state index contributed by atoms with van der Waals surface area (Å²) in [5.74, 6) is 0. The quantitative estimate of drug-likeness (QED) is 0.845. The summed E-state index contributed by atoms with van der Waals surface area (Å²) in [4.78, 5) is 0. The monoisotopic (exact) mass is 317 g/mol. The van der Waals surface area contributed by atoms with E-state index < -0.39 is 0 Å². The van der Waals surface area contributed by atoms with E-state index in [1.807, 2.05) is 0 Å². The molecule has 1 atom stereocenters. The van der Waals surface area contributed by atoms with E-state index in [9.17, 15) is 0 Å². The van der Waals surface area contributed by atoms with Crippen molar-refractivity contribution in [2.75, 3.05) is 18.5 Å². The summed E-state index contributed by atoms with van der Waals surface area (Å²) in [5, 5.41) is 3.60. The van der Waals surface area contributed by atoms with Gasteiger partial charge in [-0.2, -0.15) is 0 Å².